The molecule has 0 aliphatic heterocycles. The van der Waals surface area contributed by atoms with E-state index < -0.39 is 6.03 Å². The summed E-state index contributed by atoms with van der Waals surface area (Å²) in [6, 6.07) is 12.9. The SMILES string of the molecule is CCc1ccc(C(C)NC(=O)NNC(=O)Cc2ccc(F)cc2)cc1. The second kappa shape index (κ2) is 8.82. The van der Waals surface area contributed by atoms with Gasteiger partial charge in [-0.2, -0.15) is 0 Å². The Hall–Kier alpha value is -2.89. The molecule has 2 aromatic rings. The predicted molar refractivity (Wildman–Crippen MR) is 94.1 cm³/mol. The molecule has 1 unspecified atom stereocenters. The van der Waals surface area contributed by atoms with Crippen molar-refractivity contribution in [2.24, 2.45) is 0 Å². The van der Waals surface area contributed by atoms with Crippen LogP contribution in [0.4, 0.5) is 9.18 Å². The predicted octanol–water partition coefficient (Wildman–Crippen LogP) is 3.02. The largest absolute Gasteiger partial charge is 0.333 e. The van der Waals surface area contributed by atoms with E-state index in [0.29, 0.717) is 5.56 Å². The van der Waals surface area contributed by atoms with Crippen molar-refractivity contribution in [1.82, 2.24) is 16.2 Å². The van der Waals surface area contributed by atoms with E-state index in [-0.39, 0.29) is 24.2 Å². The molecule has 25 heavy (non-hydrogen) atoms. The van der Waals surface area contributed by atoms with E-state index in [0.717, 1.165) is 12.0 Å². The first-order valence-corrected chi connectivity index (χ1v) is 8.16. The molecule has 0 saturated heterocycles. The Bertz CT molecular complexity index is 714. The highest BCUT2D eigenvalue weighted by Gasteiger charge is 2.10. The van der Waals surface area contributed by atoms with Crippen molar-refractivity contribution in [1.29, 1.82) is 0 Å². The van der Waals surface area contributed by atoms with E-state index in [1.165, 1.54) is 29.8 Å². The highest BCUT2D eigenvalue weighted by molar-refractivity contribution is 5.82. The quantitative estimate of drug-likeness (QED) is 0.731. The summed E-state index contributed by atoms with van der Waals surface area (Å²) in [7, 11) is 0. The Morgan fingerprint density at radius 1 is 0.960 bits per heavy atom. The molecule has 3 amide bonds. The van der Waals surface area contributed by atoms with Crippen LogP contribution in [0.25, 0.3) is 0 Å². The number of hydrazine groups is 1. The Kier molecular flexibility index (Phi) is 6.51. The van der Waals surface area contributed by atoms with Gasteiger partial charge in [-0.3, -0.25) is 10.2 Å². The molecule has 0 fully saturated rings. The third-order valence-electron chi connectivity index (χ3n) is 3.83. The van der Waals surface area contributed by atoms with Gasteiger partial charge in [0.05, 0.1) is 12.5 Å². The molecule has 2 rings (SSSR count). The number of hydrogen-bond donors (Lipinski definition) is 3. The van der Waals surface area contributed by atoms with E-state index in [9.17, 15) is 14.0 Å². The molecule has 0 saturated carbocycles. The van der Waals surface area contributed by atoms with Crippen LogP contribution < -0.4 is 16.2 Å². The highest BCUT2D eigenvalue weighted by Crippen LogP contribution is 2.13. The molecule has 2 aromatic carbocycles. The summed E-state index contributed by atoms with van der Waals surface area (Å²) < 4.78 is 12.8. The molecule has 0 aromatic heterocycles. The van der Waals surface area contributed by atoms with Crippen LogP contribution in [0.2, 0.25) is 0 Å². The van der Waals surface area contributed by atoms with Crippen LogP contribution in [0.3, 0.4) is 0 Å². The first-order chi connectivity index (χ1) is 12.0. The number of nitrogens with one attached hydrogen (secondary N) is 3. The van der Waals surface area contributed by atoms with Crippen LogP contribution in [0.5, 0.6) is 0 Å². The number of urea groups is 1. The lowest BCUT2D eigenvalue weighted by atomic mass is 10.1. The topological polar surface area (TPSA) is 70.2 Å². The van der Waals surface area contributed by atoms with Gasteiger partial charge in [-0.1, -0.05) is 43.3 Å². The van der Waals surface area contributed by atoms with E-state index in [1.807, 2.05) is 31.2 Å². The zero-order valence-electron chi connectivity index (χ0n) is 14.3. The van der Waals surface area contributed by atoms with E-state index in [1.54, 1.807) is 0 Å². The number of halogens is 1. The average Bonchev–Trinajstić information content (AvgIpc) is 2.62. The Balaban J connectivity index is 1.77. The molecule has 132 valence electrons. The lowest BCUT2D eigenvalue weighted by Crippen LogP contribution is -2.47. The number of aryl methyl sites for hydroxylation is 1. The maximum absolute atomic E-state index is 12.8. The molecule has 3 N–H and O–H groups in total. The highest BCUT2D eigenvalue weighted by atomic mass is 19.1. The standard InChI is InChI=1S/C19H22FN3O2/c1-3-14-4-8-16(9-5-14)13(2)21-19(25)23-22-18(24)12-15-6-10-17(20)11-7-15/h4-11,13H,3,12H2,1-2H3,(H,22,24)(H2,21,23,25). The van der Waals surface area contributed by atoms with Gasteiger partial charge in [0.2, 0.25) is 5.91 Å². The molecule has 0 aliphatic rings. The Morgan fingerprint density at radius 3 is 2.16 bits per heavy atom. The molecule has 0 heterocycles. The summed E-state index contributed by atoms with van der Waals surface area (Å²) in [5.74, 6) is -0.746. The molecule has 0 radical (unpaired) electrons. The number of amides is 3. The van der Waals surface area contributed by atoms with Crippen molar-refractivity contribution in [3.63, 3.8) is 0 Å². The third kappa shape index (κ3) is 5.91. The fourth-order valence-electron chi connectivity index (χ4n) is 2.32. The van der Waals surface area contributed by atoms with E-state index in [4.69, 9.17) is 0 Å². The molecule has 0 aliphatic carbocycles. The lowest BCUT2D eigenvalue weighted by molar-refractivity contribution is -0.121. The van der Waals surface area contributed by atoms with Crippen molar-refractivity contribution in [2.75, 3.05) is 0 Å². The van der Waals surface area contributed by atoms with Crippen molar-refractivity contribution in [3.8, 4) is 0 Å². The van der Waals surface area contributed by atoms with Crippen LogP contribution in [0.1, 0.15) is 36.6 Å². The number of rotatable bonds is 5. The maximum atomic E-state index is 12.8. The third-order valence-corrected chi connectivity index (χ3v) is 3.83. The number of benzene rings is 2. The summed E-state index contributed by atoms with van der Waals surface area (Å²) in [6.45, 7) is 3.94. The minimum absolute atomic E-state index is 0.0502. The fourth-order valence-corrected chi connectivity index (χ4v) is 2.32. The zero-order chi connectivity index (χ0) is 18.2. The van der Waals surface area contributed by atoms with Gasteiger partial charge in [-0.05, 0) is 42.2 Å². The second-order valence-electron chi connectivity index (χ2n) is 5.77. The molecular weight excluding hydrogens is 321 g/mol. The fraction of sp³-hybridized carbons (Fsp3) is 0.263. The first kappa shape index (κ1) is 18.4. The van der Waals surface area contributed by atoms with Gasteiger partial charge in [0.1, 0.15) is 5.82 Å². The van der Waals surface area contributed by atoms with Crippen LogP contribution in [0, 0.1) is 5.82 Å². The van der Waals surface area contributed by atoms with Gasteiger partial charge >= 0.3 is 6.03 Å². The van der Waals surface area contributed by atoms with Crippen LogP contribution in [0.15, 0.2) is 48.5 Å². The van der Waals surface area contributed by atoms with Gasteiger partial charge in [0, 0.05) is 0 Å². The lowest BCUT2D eigenvalue weighted by Gasteiger charge is -2.16. The molecular formula is C19H22FN3O2. The summed E-state index contributed by atoms with van der Waals surface area (Å²) in [4.78, 5) is 23.6. The van der Waals surface area contributed by atoms with Gasteiger partial charge in [0.15, 0.2) is 0 Å². The summed E-state index contributed by atoms with van der Waals surface area (Å²) in [5.41, 5.74) is 7.50. The van der Waals surface area contributed by atoms with Crippen molar-refractivity contribution in [2.45, 2.75) is 32.7 Å². The number of carbonyl (C=O) groups excluding carboxylic acids is 2. The normalized spacial score (nSPS) is 11.5. The van der Waals surface area contributed by atoms with E-state index >= 15 is 0 Å². The van der Waals surface area contributed by atoms with Gasteiger partial charge in [-0.15, -0.1) is 0 Å². The van der Waals surface area contributed by atoms with Crippen LogP contribution in [-0.2, 0) is 17.6 Å². The smallest absolute Gasteiger partial charge is 0.330 e. The van der Waals surface area contributed by atoms with Gasteiger partial charge < -0.3 is 5.32 Å². The molecule has 5 nitrogen and oxygen atoms in total. The summed E-state index contributed by atoms with van der Waals surface area (Å²) in [6.07, 6.45) is 1.01. The zero-order valence-corrected chi connectivity index (χ0v) is 14.3. The molecule has 0 bridgehead atoms. The monoisotopic (exact) mass is 343 g/mol. The van der Waals surface area contributed by atoms with Crippen molar-refractivity contribution in [3.05, 3.63) is 71.0 Å². The number of hydrogen-bond acceptors (Lipinski definition) is 2. The second-order valence-corrected chi connectivity index (χ2v) is 5.77. The number of carbonyl (C=O) groups is 2. The molecule has 0 spiro atoms. The average molecular weight is 343 g/mol. The molecule has 6 heteroatoms. The van der Waals surface area contributed by atoms with E-state index in [2.05, 4.69) is 23.1 Å². The van der Waals surface area contributed by atoms with Crippen LogP contribution >= 0.6 is 0 Å². The summed E-state index contributed by atoms with van der Waals surface area (Å²) in [5, 5.41) is 2.75. The Morgan fingerprint density at radius 2 is 1.56 bits per heavy atom. The summed E-state index contributed by atoms with van der Waals surface area (Å²) >= 11 is 0. The van der Waals surface area contributed by atoms with Crippen molar-refractivity contribution < 1.29 is 14.0 Å². The first-order valence-electron chi connectivity index (χ1n) is 8.16. The molecule has 1 atom stereocenters. The van der Waals surface area contributed by atoms with Gasteiger partial charge in [-0.25, -0.2) is 14.6 Å². The Labute approximate surface area is 146 Å². The maximum Gasteiger partial charge on any atom is 0.333 e. The van der Waals surface area contributed by atoms with Crippen molar-refractivity contribution >= 4 is 11.9 Å². The van der Waals surface area contributed by atoms with Gasteiger partial charge in [0.25, 0.3) is 0 Å². The minimum Gasteiger partial charge on any atom is -0.330 e. The van der Waals surface area contributed by atoms with Crippen LogP contribution in [-0.4, -0.2) is 11.9 Å². The minimum atomic E-state index is -0.500.